The summed E-state index contributed by atoms with van der Waals surface area (Å²) in [6.45, 7) is 0. The minimum Gasteiger partial charge on any atom is -0.456 e. The fraction of sp³-hybridized carbons (Fsp3) is 0. The Kier molecular flexibility index (Phi) is 7.46. The van der Waals surface area contributed by atoms with Crippen LogP contribution in [0.2, 0.25) is 0 Å². The van der Waals surface area contributed by atoms with Crippen LogP contribution in [0.1, 0.15) is 0 Å². The van der Waals surface area contributed by atoms with Gasteiger partial charge >= 0.3 is 0 Å². The van der Waals surface area contributed by atoms with E-state index in [2.05, 4.69) is 152 Å². The van der Waals surface area contributed by atoms with Crippen molar-refractivity contribution < 1.29 is 8.83 Å². The molecule has 11 aromatic rings. The van der Waals surface area contributed by atoms with E-state index in [4.69, 9.17) is 18.8 Å². The van der Waals surface area contributed by atoms with Crippen LogP contribution in [0.4, 0.5) is 0 Å². The molecule has 0 aliphatic carbocycles. The van der Waals surface area contributed by atoms with Gasteiger partial charge in [0.05, 0.1) is 11.4 Å². The van der Waals surface area contributed by atoms with Crippen molar-refractivity contribution >= 4 is 43.9 Å². The van der Waals surface area contributed by atoms with Crippen LogP contribution in [0.5, 0.6) is 0 Å². The van der Waals surface area contributed by atoms with Crippen LogP contribution in [-0.2, 0) is 0 Å². The van der Waals surface area contributed by atoms with E-state index in [9.17, 15) is 0 Å². The van der Waals surface area contributed by atoms with Gasteiger partial charge in [-0.25, -0.2) is 9.97 Å². The van der Waals surface area contributed by atoms with E-state index in [-0.39, 0.29) is 0 Å². The molecule has 0 atom stereocenters. The van der Waals surface area contributed by atoms with Gasteiger partial charge in [-0.1, -0.05) is 146 Å². The molecule has 4 nitrogen and oxygen atoms in total. The lowest BCUT2D eigenvalue weighted by molar-refractivity contribution is 0.669. The Balaban J connectivity index is 1.06. The van der Waals surface area contributed by atoms with Crippen molar-refractivity contribution in [2.24, 2.45) is 0 Å². The van der Waals surface area contributed by atoms with Crippen LogP contribution in [-0.4, -0.2) is 9.97 Å². The van der Waals surface area contributed by atoms with E-state index in [0.717, 1.165) is 105 Å². The third kappa shape index (κ3) is 5.55. The van der Waals surface area contributed by atoms with Crippen molar-refractivity contribution in [2.45, 2.75) is 0 Å². The van der Waals surface area contributed by atoms with E-state index in [1.807, 2.05) is 42.5 Å². The SMILES string of the molecule is c1ccc(-c2cc(-c3ccc4oc5ccccc5c4c3)cc(-c3cc(-c4ccc(-c5cccc6c5oc5ccccc56)cc4)nc(-c4ccccc4)n3)c2)cc1. The highest BCUT2D eigenvalue weighted by atomic mass is 16.3. The van der Waals surface area contributed by atoms with E-state index in [0.29, 0.717) is 5.82 Å². The molecule has 4 heteroatoms. The molecule has 3 aromatic heterocycles. The summed E-state index contributed by atoms with van der Waals surface area (Å²) >= 11 is 0. The Morgan fingerprint density at radius 2 is 0.821 bits per heavy atom. The molecule has 0 unspecified atom stereocenters. The normalized spacial score (nSPS) is 11.6. The third-order valence-corrected chi connectivity index (χ3v) is 10.7. The number of furan rings is 2. The molecule has 0 saturated heterocycles. The van der Waals surface area contributed by atoms with Crippen LogP contribution in [0.25, 0.3) is 111 Å². The van der Waals surface area contributed by atoms with Crippen LogP contribution in [0.15, 0.2) is 203 Å². The molecule has 0 aliphatic rings. The molecular formula is C52H32N2O2. The first-order valence-electron chi connectivity index (χ1n) is 18.8. The lowest BCUT2D eigenvalue weighted by atomic mass is 9.93. The Labute approximate surface area is 323 Å². The molecular weight excluding hydrogens is 685 g/mol. The number of benzene rings is 8. The average Bonchev–Trinajstić information content (AvgIpc) is 3.85. The number of hydrogen-bond acceptors (Lipinski definition) is 4. The number of aromatic nitrogens is 2. The molecule has 262 valence electrons. The predicted octanol–water partition coefficient (Wildman–Crippen LogP) is 14.3. The van der Waals surface area contributed by atoms with Gasteiger partial charge in [0.15, 0.2) is 5.82 Å². The number of hydrogen-bond donors (Lipinski definition) is 0. The first-order valence-corrected chi connectivity index (χ1v) is 18.8. The molecule has 8 aromatic carbocycles. The van der Waals surface area contributed by atoms with E-state index in [1.54, 1.807) is 0 Å². The summed E-state index contributed by atoms with van der Waals surface area (Å²) in [6.07, 6.45) is 0. The van der Waals surface area contributed by atoms with Gasteiger partial charge in [0, 0.05) is 43.8 Å². The Morgan fingerprint density at radius 3 is 1.57 bits per heavy atom. The Morgan fingerprint density at radius 1 is 0.286 bits per heavy atom. The van der Waals surface area contributed by atoms with Gasteiger partial charge < -0.3 is 8.83 Å². The van der Waals surface area contributed by atoms with Crippen molar-refractivity contribution in [3.63, 3.8) is 0 Å². The topological polar surface area (TPSA) is 52.1 Å². The highest BCUT2D eigenvalue weighted by Crippen LogP contribution is 2.39. The minimum atomic E-state index is 0.673. The molecule has 0 saturated carbocycles. The summed E-state index contributed by atoms with van der Waals surface area (Å²) < 4.78 is 12.6. The number of fused-ring (bicyclic) bond motifs is 6. The maximum Gasteiger partial charge on any atom is 0.160 e. The largest absolute Gasteiger partial charge is 0.456 e. The number of rotatable bonds is 6. The summed E-state index contributed by atoms with van der Waals surface area (Å²) in [5, 5.41) is 4.45. The molecule has 3 heterocycles. The van der Waals surface area contributed by atoms with Gasteiger partial charge in [0.25, 0.3) is 0 Å². The Hall–Kier alpha value is -7.56. The van der Waals surface area contributed by atoms with Crippen LogP contribution in [0.3, 0.4) is 0 Å². The lowest BCUT2D eigenvalue weighted by Crippen LogP contribution is -1.96. The first-order chi connectivity index (χ1) is 27.7. The first kappa shape index (κ1) is 31.9. The zero-order valence-electron chi connectivity index (χ0n) is 30.2. The second kappa shape index (κ2) is 13.1. The van der Waals surface area contributed by atoms with Gasteiger partial charge in [0.1, 0.15) is 22.3 Å². The monoisotopic (exact) mass is 716 g/mol. The van der Waals surface area contributed by atoms with E-state index in [1.165, 1.54) is 0 Å². The van der Waals surface area contributed by atoms with Gasteiger partial charge in [-0.15, -0.1) is 0 Å². The van der Waals surface area contributed by atoms with Crippen molar-refractivity contribution in [3.8, 4) is 67.3 Å². The van der Waals surface area contributed by atoms with Crippen molar-refractivity contribution in [2.75, 3.05) is 0 Å². The van der Waals surface area contributed by atoms with Crippen LogP contribution >= 0.6 is 0 Å². The molecule has 0 fully saturated rings. The predicted molar refractivity (Wildman–Crippen MR) is 229 cm³/mol. The van der Waals surface area contributed by atoms with Gasteiger partial charge in [0.2, 0.25) is 0 Å². The molecule has 0 N–H and O–H groups in total. The van der Waals surface area contributed by atoms with Gasteiger partial charge in [-0.05, 0) is 76.3 Å². The average molecular weight is 717 g/mol. The number of para-hydroxylation sites is 3. The zero-order chi connectivity index (χ0) is 37.0. The fourth-order valence-corrected chi connectivity index (χ4v) is 7.90. The summed E-state index contributed by atoms with van der Waals surface area (Å²) in [7, 11) is 0. The summed E-state index contributed by atoms with van der Waals surface area (Å²) in [5.41, 5.74) is 14.8. The fourth-order valence-electron chi connectivity index (χ4n) is 7.90. The lowest BCUT2D eigenvalue weighted by Gasteiger charge is -2.13. The van der Waals surface area contributed by atoms with Crippen LogP contribution < -0.4 is 0 Å². The van der Waals surface area contributed by atoms with Crippen molar-refractivity contribution in [1.82, 2.24) is 9.97 Å². The molecule has 0 radical (unpaired) electrons. The quantitative estimate of drug-likeness (QED) is 0.172. The second-order valence-corrected chi connectivity index (χ2v) is 14.2. The molecule has 0 spiro atoms. The highest BCUT2D eigenvalue weighted by molar-refractivity contribution is 6.09. The third-order valence-electron chi connectivity index (χ3n) is 10.7. The maximum atomic E-state index is 6.38. The summed E-state index contributed by atoms with van der Waals surface area (Å²) in [4.78, 5) is 10.4. The minimum absolute atomic E-state index is 0.673. The van der Waals surface area contributed by atoms with E-state index < -0.39 is 0 Å². The zero-order valence-corrected chi connectivity index (χ0v) is 30.2. The second-order valence-electron chi connectivity index (χ2n) is 14.2. The standard InChI is InChI=1S/C52H32N2O2/c1-3-12-33(13-4-1)38-28-39(37-26-27-50-45(31-37)43-17-8-9-20-48(43)55-50)30-40(29-38)47-32-46(53-52(54-47)36-14-5-2-6-15-36)35-24-22-34(23-25-35)41-18-11-19-44-42-16-7-10-21-49(42)56-51(41)44/h1-32H. The van der Waals surface area contributed by atoms with Gasteiger partial charge in [-0.2, -0.15) is 0 Å². The molecule has 0 aliphatic heterocycles. The maximum absolute atomic E-state index is 6.38. The molecule has 56 heavy (non-hydrogen) atoms. The smallest absolute Gasteiger partial charge is 0.160 e. The van der Waals surface area contributed by atoms with Crippen LogP contribution in [0, 0.1) is 0 Å². The molecule has 0 amide bonds. The molecule has 11 rings (SSSR count). The van der Waals surface area contributed by atoms with Crippen molar-refractivity contribution in [3.05, 3.63) is 194 Å². The van der Waals surface area contributed by atoms with Gasteiger partial charge in [-0.3, -0.25) is 0 Å². The van der Waals surface area contributed by atoms with Crippen molar-refractivity contribution in [1.29, 1.82) is 0 Å². The van der Waals surface area contributed by atoms with E-state index >= 15 is 0 Å². The highest BCUT2D eigenvalue weighted by Gasteiger charge is 2.16. The summed E-state index contributed by atoms with van der Waals surface area (Å²) in [6, 6.07) is 67.5. The molecule has 0 bridgehead atoms. The number of nitrogens with zero attached hydrogens (tertiary/aromatic N) is 2. The Bertz CT molecular complexity index is 3230. The summed E-state index contributed by atoms with van der Waals surface area (Å²) in [5.74, 6) is 0.673.